The van der Waals surface area contributed by atoms with Crippen LogP contribution in [0.1, 0.15) is 29.6 Å². The first-order valence-corrected chi connectivity index (χ1v) is 12.0. The van der Waals surface area contributed by atoms with E-state index in [0.29, 0.717) is 18.0 Å². The molecular formula is C18H25NO4Si. The molecule has 5 nitrogen and oxygen atoms in total. The van der Waals surface area contributed by atoms with Crippen LogP contribution in [-0.4, -0.2) is 38.4 Å². The average molecular weight is 347 g/mol. The van der Waals surface area contributed by atoms with Crippen molar-refractivity contribution < 1.29 is 18.8 Å². The predicted octanol–water partition coefficient (Wildman–Crippen LogP) is 2.73. The Morgan fingerprint density at radius 3 is 2.50 bits per heavy atom. The summed E-state index contributed by atoms with van der Waals surface area (Å²) >= 11 is 0. The first-order chi connectivity index (χ1) is 11.3. The summed E-state index contributed by atoms with van der Waals surface area (Å²) in [4.78, 5) is 25.1. The standard InChI is InChI=1S/C18H25NO4Si/c1-24(2,3)23-18(21)16-14-10-9-13(19-14)11-15(16)22-17(20)12-7-5-4-6-8-12/h4-8,13-16,19H,9-11H2,1-3H3. The van der Waals surface area contributed by atoms with E-state index >= 15 is 0 Å². The number of hydrogen-bond acceptors (Lipinski definition) is 5. The van der Waals surface area contributed by atoms with E-state index in [2.05, 4.69) is 5.32 Å². The van der Waals surface area contributed by atoms with Gasteiger partial charge in [0.25, 0.3) is 0 Å². The number of benzene rings is 1. The quantitative estimate of drug-likeness (QED) is 0.670. The number of hydrogen-bond donors (Lipinski definition) is 1. The van der Waals surface area contributed by atoms with Crippen LogP contribution >= 0.6 is 0 Å². The maximum Gasteiger partial charge on any atom is 0.338 e. The molecule has 1 N–H and O–H groups in total. The molecule has 2 saturated heterocycles. The van der Waals surface area contributed by atoms with Gasteiger partial charge in [0.05, 0.1) is 5.56 Å². The summed E-state index contributed by atoms with van der Waals surface area (Å²) in [5.41, 5.74) is 0.515. The minimum Gasteiger partial charge on any atom is -0.520 e. The van der Waals surface area contributed by atoms with E-state index in [1.54, 1.807) is 24.3 Å². The van der Waals surface area contributed by atoms with E-state index in [1.165, 1.54) is 0 Å². The Morgan fingerprint density at radius 1 is 1.12 bits per heavy atom. The monoisotopic (exact) mass is 347 g/mol. The van der Waals surface area contributed by atoms with Crippen LogP contribution in [0, 0.1) is 5.92 Å². The molecule has 0 spiro atoms. The number of rotatable bonds is 4. The van der Waals surface area contributed by atoms with Gasteiger partial charge in [-0.25, -0.2) is 4.79 Å². The van der Waals surface area contributed by atoms with Crippen LogP contribution in [0.5, 0.6) is 0 Å². The number of fused-ring (bicyclic) bond motifs is 2. The Morgan fingerprint density at radius 2 is 1.83 bits per heavy atom. The van der Waals surface area contributed by atoms with Gasteiger partial charge in [-0.1, -0.05) is 18.2 Å². The molecule has 24 heavy (non-hydrogen) atoms. The fourth-order valence-electron chi connectivity index (χ4n) is 3.59. The highest BCUT2D eigenvalue weighted by Gasteiger charge is 2.48. The van der Waals surface area contributed by atoms with E-state index < -0.39 is 20.3 Å². The molecule has 2 heterocycles. The Labute approximate surface area is 143 Å². The van der Waals surface area contributed by atoms with Crippen LogP contribution < -0.4 is 5.32 Å². The van der Waals surface area contributed by atoms with Gasteiger partial charge in [-0.3, -0.25) is 4.79 Å². The third-order valence-electron chi connectivity index (χ3n) is 4.57. The third kappa shape index (κ3) is 3.87. The molecule has 0 amide bonds. The maximum atomic E-state index is 12.7. The lowest BCUT2D eigenvalue weighted by molar-refractivity contribution is -0.146. The van der Waals surface area contributed by atoms with Crippen LogP contribution in [0.2, 0.25) is 19.6 Å². The second-order valence-corrected chi connectivity index (χ2v) is 12.1. The zero-order chi connectivity index (χ0) is 17.3. The number of carbonyl (C=O) groups is 2. The second-order valence-electron chi connectivity index (χ2n) is 7.65. The summed E-state index contributed by atoms with van der Waals surface area (Å²) in [6.45, 7) is 5.97. The van der Waals surface area contributed by atoms with Crippen LogP contribution in [0.25, 0.3) is 0 Å². The molecule has 4 unspecified atom stereocenters. The predicted molar refractivity (Wildman–Crippen MR) is 93.1 cm³/mol. The van der Waals surface area contributed by atoms with Crippen molar-refractivity contribution in [2.75, 3.05) is 0 Å². The Bertz CT molecular complexity index is 613. The van der Waals surface area contributed by atoms with Gasteiger partial charge in [-0.2, -0.15) is 0 Å². The van der Waals surface area contributed by atoms with Crippen molar-refractivity contribution in [2.24, 2.45) is 5.92 Å². The average Bonchev–Trinajstić information content (AvgIpc) is 2.88. The lowest BCUT2D eigenvalue weighted by Gasteiger charge is -2.36. The van der Waals surface area contributed by atoms with Gasteiger partial charge in [0.2, 0.25) is 8.32 Å². The molecule has 0 radical (unpaired) electrons. The molecule has 4 atom stereocenters. The minimum absolute atomic E-state index is 0.0428. The minimum atomic E-state index is -1.98. The van der Waals surface area contributed by atoms with Crippen LogP contribution in [-0.2, 0) is 14.0 Å². The molecule has 1 aromatic carbocycles. The number of carbonyl (C=O) groups excluding carboxylic acids is 2. The van der Waals surface area contributed by atoms with E-state index in [1.807, 2.05) is 25.7 Å². The van der Waals surface area contributed by atoms with E-state index in [9.17, 15) is 9.59 Å². The lowest BCUT2D eigenvalue weighted by Crippen LogP contribution is -2.54. The highest BCUT2D eigenvalue weighted by atomic mass is 28.4. The van der Waals surface area contributed by atoms with Crippen molar-refractivity contribution >= 4 is 20.3 Å². The number of nitrogens with one attached hydrogen (secondary N) is 1. The van der Waals surface area contributed by atoms with E-state index in [-0.39, 0.29) is 18.0 Å². The normalized spacial score (nSPS) is 29.1. The number of piperidine rings is 1. The van der Waals surface area contributed by atoms with E-state index in [4.69, 9.17) is 9.16 Å². The van der Waals surface area contributed by atoms with Gasteiger partial charge in [0, 0.05) is 18.5 Å². The largest absolute Gasteiger partial charge is 0.520 e. The molecule has 2 aliphatic rings. The fraction of sp³-hybridized carbons (Fsp3) is 0.556. The van der Waals surface area contributed by atoms with Crippen molar-refractivity contribution in [3.8, 4) is 0 Å². The molecular weight excluding hydrogens is 322 g/mol. The molecule has 6 heteroatoms. The van der Waals surface area contributed by atoms with Gasteiger partial charge < -0.3 is 14.5 Å². The zero-order valence-electron chi connectivity index (χ0n) is 14.5. The van der Waals surface area contributed by atoms with Gasteiger partial charge in [-0.05, 0) is 44.6 Å². The lowest BCUT2D eigenvalue weighted by atomic mass is 9.89. The molecule has 1 aromatic rings. The third-order valence-corrected chi connectivity index (χ3v) is 5.39. The molecule has 2 bridgehead atoms. The Hall–Kier alpha value is -1.66. The summed E-state index contributed by atoms with van der Waals surface area (Å²) in [6, 6.07) is 9.29. The smallest absolute Gasteiger partial charge is 0.338 e. The second kappa shape index (κ2) is 6.68. The maximum absolute atomic E-state index is 12.7. The van der Waals surface area contributed by atoms with Crippen LogP contribution in [0.3, 0.4) is 0 Å². The zero-order valence-corrected chi connectivity index (χ0v) is 15.5. The summed E-state index contributed by atoms with van der Waals surface area (Å²) < 4.78 is 11.5. The number of esters is 1. The molecule has 3 rings (SSSR count). The summed E-state index contributed by atoms with van der Waals surface area (Å²) in [5, 5.41) is 3.47. The molecule has 0 aliphatic carbocycles. The van der Waals surface area contributed by atoms with Gasteiger partial charge in [0.15, 0.2) is 0 Å². The van der Waals surface area contributed by atoms with Gasteiger partial charge in [0.1, 0.15) is 12.0 Å². The summed E-state index contributed by atoms with van der Waals surface area (Å²) in [7, 11) is -1.98. The van der Waals surface area contributed by atoms with Crippen molar-refractivity contribution in [3.05, 3.63) is 35.9 Å². The van der Waals surface area contributed by atoms with Gasteiger partial charge >= 0.3 is 11.9 Å². The molecule has 2 fully saturated rings. The van der Waals surface area contributed by atoms with E-state index in [0.717, 1.165) is 12.8 Å². The van der Waals surface area contributed by atoms with Crippen LogP contribution in [0.15, 0.2) is 30.3 Å². The summed E-state index contributed by atoms with van der Waals surface area (Å²) in [5.74, 6) is -1.01. The SMILES string of the molecule is C[Si](C)(C)OC(=O)C1C2CCC(CC1OC(=O)c1ccccc1)N2. The first-order valence-electron chi connectivity index (χ1n) is 8.58. The summed E-state index contributed by atoms with van der Waals surface area (Å²) in [6.07, 6.45) is 2.19. The first kappa shape index (κ1) is 17.2. The molecule has 0 aromatic heterocycles. The van der Waals surface area contributed by atoms with Crippen molar-refractivity contribution in [1.82, 2.24) is 5.32 Å². The Kier molecular flexibility index (Phi) is 4.78. The fourth-order valence-corrected chi connectivity index (χ4v) is 4.33. The van der Waals surface area contributed by atoms with Crippen molar-refractivity contribution in [3.63, 3.8) is 0 Å². The number of ether oxygens (including phenoxy) is 1. The Balaban J connectivity index is 1.76. The van der Waals surface area contributed by atoms with Crippen LogP contribution in [0.4, 0.5) is 0 Å². The topological polar surface area (TPSA) is 64.6 Å². The van der Waals surface area contributed by atoms with Crippen molar-refractivity contribution in [1.29, 1.82) is 0 Å². The highest BCUT2D eigenvalue weighted by molar-refractivity contribution is 6.71. The highest BCUT2D eigenvalue weighted by Crippen LogP contribution is 2.35. The molecule has 2 aliphatic heterocycles. The molecule has 0 saturated carbocycles. The molecule has 130 valence electrons. The van der Waals surface area contributed by atoms with Gasteiger partial charge in [-0.15, -0.1) is 0 Å². The van der Waals surface area contributed by atoms with Crippen molar-refractivity contribution in [2.45, 2.75) is 57.1 Å².